The van der Waals surface area contributed by atoms with Gasteiger partial charge in [-0.15, -0.1) is 0 Å². The molecule has 162 valence electrons. The number of rotatable bonds is 6. The maximum atomic E-state index is 13.1. The first-order valence-electron chi connectivity index (χ1n) is 9.48. The van der Waals surface area contributed by atoms with E-state index in [0.29, 0.717) is 42.4 Å². The molecule has 2 aromatic heterocycles. The highest BCUT2D eigenvalue weighted by molar-refractivity contribution is 6.31. The minimum atomic E-state index is -4.50. The second-order valence-corrected chi connectivity index (χ2v) is 8.71. The molecule has 0 fully saturated rings. The van der Waals surface area contributed by atoms with Crippen LogP contribution in [-0.4, -0.2) is 33.1 Å². The van der Waals surface area contributed by atoms with Crippen LogP contribution in [0.5, 0.6) is 0 Å². The minimum Gasteiger partial charge on any atom is -0.325 e. The Balaban J connectivity index is 2.03. The Kier molecular flexibility index (Phi) is 6.24. The summed E-state index contributed by atoms with van der Waals surface area (Å²) in [5.41, 5.74) is 0.560. The first-order chi connectivity index (χ1) is 14.0. The SMILES string of the molecule is CNCCn1c(Nc2cc(Cl)cc(C(F)(F)F)c2)nc2cnc(CC(C)(C)C)nc21. The smallest absolute Gasteiger partial charge is 0.325 e. The third-order valence-corrected chi connectivity index (χ3v) is 4.51. The second kappa shape index (κ2) is 8.39. The third-order valence-electron chi connectivity index (χ3n) is 4.29. The highest BCUT2D eigenvalue weighted by atomic mass is 35.5. The van der Waals surface area contributed by atoms with Gasteiger partial charge in [-0.05, 0) is 30.7 Å². The molecule has 0 aliphatic rings. The number of nitrogens with zero attached hydrogens (tertiary/aromatic N) is 4. The largest absolute Gasteiger partial charge is 0.416 e. The van der Waals surface area contributed by atoms with Gasteiger partial charge in [0.25, 0.3) is 0 Å². The van der Waals surface area contributed by atoms with Crippen molar-refractivity contribution in [2.45, 2.75) is 39.9 Å². The van der Waals surface area contributed by atoms with Crippen molar-refractivity contribution in [3.05, 3.63) is 40.8 Å². The summed E-state index contributed by atoms with van der Waals surface area (Å²) < 4.78 is 41.3. The van der Waals surface area contributed by atoms with Crippen molar-refractivity contribution in [1.82, 2.24) is 24.8 Å². The fourth-order valence-corrected chi connectivity index (χ4v) is 3.23. The van der Waals surface area contributed by atoms with Crippen molar-refractivity contribution in [3.63, 3.8) is 0 Å². The average Bonchev–Trinajstić information content (AvgIpc) is 2.93. The van der Waals surface area contributed by atoms with E-state index in [4.69, 9.17) is 11.6 Å². The van der Waals surface area contributed by atoms with Crippen LogP contribution >= 0.6 is 11.6 Å². The lowest BCUT2D eigenvalue weighted by atomic mass is 9.92. The third kappa shape index (κ3) is 5.40. The van der Waals surface area contributed by atoms with Gasteiger partial charge in [-0.2, -0.15) is 13.2 Å². The first kappa shape index (κ1) is 22.3. The molecule has 6 nitrogen and oxygen atoms in total. The van der Waals surface area contributed by atoms with Crippen LogP contribution in [-0.2, 0) is 19.1 Å². The molecule has 0 aliphatic heterocycles. The Bertz CT molecular complexity index is 1040. The van der Waals surface area contributed by atoms with Crippen LogP contribution in [0.1, 0.15) is 32.2 Å². The number of fused-ring (bicyclic) bond motifs is 1. The van der Waals surface area contributed by atoms with Gasteiger partial charge in [0, 0.05) is 30.2 Å². The summed E-state index contributed by atoms with van der Waals surface area (Å²) in [4.78, 5) is 13.6. The second-order valence-electron chi connectivity index (χ2n) is 8.27. The summed E-state index contributed by atoms with van der Waals surface area (Å²) >= 11 is 5.91. The Morgan fingerprint density at radius 1 is 1.10 bits per heavy atom. The van der Waals surface area contributed by atoms with Gasteiger partial charge in [0.2, 0.25) is 5.95 Å². The van der Waals surface area contributed by atoms with E-state index in [1.54, 1.807) is 6.20 Å². The van der Waals surface area contributed by atoms with E-state index in [1.807, 2.05) is 11.6 Å². The summed E-state index contributed by atoms with van der Waals surface area (Å²) in [6.07, 6.45) is -2.17. The van der Waals surface area contributed by atoms with Crippen molar-refractivity contribution in [2.24, 2.45) is 5.41 Å². The summed E-state index contributed by atoms with van der Waals surface area (Å²) in [6.45, 7) is 7.45. The lowest BCUT2D eigenvalue weighted by Gasteiger charge is -2.16. The average molecular weight is 441 g/mol. The zero-order valence-corrected chi connectivity index (χ0v) is 18.0. The Hall–Kier alpha value is -2.39. The van der Waals surface area contributed by atoms with Crippen LogP contribution in [0, 0.1) is 5.41 Å². The van der Waals surface area contributed by atoms with Crippen LogP contribution in [0.2, 0.25) is 5.02 Å². The van der Waals surface area contributed by atoms with Gasteiger partial charge >= 0.3 is 6.18 Å². The molecule has 0 saturated carbocycles. The topological polar surface area (TPSA) is 67.7 Å². The summed E-state index contributed by atoms with van der Waals surface area (Å²) in [5.74, 6) is 1.06. The molecule has 0 aliphatic carbocycles. The van der Waals surface area contributed by atoms with Crippen molar-refractivity contribution >= 4 is 34.4 Å². The molecule has 2 N–H and O–H groups in total. The summed E-state index contributed by atoms with van der Waals surface area (Å²) in [5, 5.41) is 6.01. The summed E-state index contributed by atoms with van der Waals surface area (Å²) in [7, 11) is 1.82. The molecule has 0 atom stereocenters. The van der Waals surface area contributed by atoms with Gasteiger partial charge in [-0.1, -0.05) is 32.4 Å². The predicted octanol–water partition coefficient (Wildman–Crippen LogP) is 5.05. The van der Waals surface area contributed by atoms with E-state index < -0.39 is 11.7 Å². The van der Waals surface area contributed by atoms with E-state index in [-0.39, 0.29) is 16.1 Å². The Labute approximate surface area is 177 Å². The minimum absolute atomic E-state index is 0.0133. The molecule has 0 bridgehead atoms. The normalized spacial score (nSPS) is 12.5. The maximum absolute atomic E-state index is 13.1. The lowest BCUT2D eigenvalue weighted by Crippen LogP contribution is -2.17. The van der Waals surface area contributed by atoms with Crippen LogP contribution in [0.4, 0.5) is 24.8 Å². The van der Waals surface area contributed by atoms with E-state index in [1.165, 1.54) is 6.07 Å². The first-order valence-corrected chi connectivity index (χ1v) is 9.85. The molecule has 1 aromatic carbocycles. The van der Waals surface area contributed by atoms with Crippen molar-refractivity contribution in [1.29, 1.82) is 0 Å². The maximum Gasteiger partial charge on any atom is 0.416 e. The molecular weight excluding hydrogens is 417 g/mol. The number of anilines is 2. The molecule has 2 heterocycles. The highest BCUT2D eigenvalue weighted by Gasteiger charge is 2.31. The molecule has 0 amide bonds. The Morgan fingerprint density at radius 2 is 1.83 bits per heavy atom. The lowest BCUT2D eigenvalue weighted by molar-refractivity contribution is -0.137. The number of nitrogens with one attached hydrogen (secondary N) is 2. The zero-order valence-electron chi connectivity index (χ0n) is 17.2. The van der Waals surface area contributed by atoms with Gasteiger partial charge in [0.1, 0.15) is 11.3 Å². The van der Waals surface area contributed by atoms with Crippen LogP contribution in [0.25, 0.3) is 11.2 Å². The summed E-state index contributed by atoms with van der Waals surface area (Å²) in [6, 6.07) is 3.32. The fraction of sp³-hybridized carbons (Fsp3) is 0.450. The van der Waals surface area contributed by atoms with Crippen molar-refractivity contribution in [3.8, 4) is 0 Å². The number of halogens is 4. The number of hydrogen-bond donors (Lipinski definition) is 2. The molecule has 10 heteroatoms. The van der Waals surface area contributed by atoms with Crippen LogP contribution in [0.3, 0.4) is 0 Å². The van der Waals surface area contributed by atoms with Crippen molar-refractivity contribution in [2.75, 3.05) is 18.9 Å². The number of aromatic nitrogens is 4. The van der Waals surface area contributed by atoms with E-state index >= 15 is 0 Å². The molecule has 30 heavy (non-hydrogen) atoms. The van der Waals surface area contributed by atoms with Gasteiger partial charge < -0.3 is 10.6 Å². The molecule has 3 rings (SSSR count). The molecule has 3 aromatic rings. The molecule has 0 spiro atoms. The molecule has 0 saturated heterocycles. The molecule has 0 radical (unpaired) electrons. The quantitative estimate of drug-likeness (QED) is 0.561. The van der Waals surface area contributed by atoms with E-state index in [0.717, 1.165) is 12.1 Å². The van der Waals surface area contributed by atoms with Gasteiger partial charge in [-0.3, -0.25) is 4.57 Å². The van der Waals surface area contributed by atoms with Gasteiger partial charge in [0.05, 0.1) is 11.8 Å². The standard InChI is InChI=1S/C20H24ClF3N6/c1-19(2,3)10-16-26-11-15-17(29-16)30(6-5-25-4)18(28-15)27-14-8-12(20(22,23)24)7-13(21)9-14/h7-9,11,25H,5-6,10H2,1-4H3,(H,27,28). The van der Waals surface area contributed by atoms with Gasteiger partial charge in [-0.25, -0.2) is 15.0 Å². The monoisotopic (exact) mass is 440 g/mol. The molecule has 0 unspecified atom stereocenters. The van der Waals surface area contributed by atoms with Gasteiger partial charge in [0.15, 0.2) is 5.65 Å². The van der Waals surface area contributed by atoms with Crippen LogP contribution in [0.15, 0.2) is 24.4 Å². The number of hydrogen-bond acceptors (Lipinski definition) is 5. The van der Waals surface area contributed by atoms with E-state index in [2.05, 4.69) is 46.4 Å². The predicted molar refractivity (Wildman–Crippen MR) is 112 cm³/mol. The number of likely N-dealkylation sites (N-methyl/N-ethyl adjacent to an activating group) is 1. The number of alkyl halides is 3. The Morgan fingerprint density at radius 3 is 2.47 bits per heavy atom. The highest BCUT2D eigenvalue weighted by Crippen LogP contribution is 2.34. The molecular formula is C20H24ClF3N6. The zero-order chi connectivity index (χ0) is 22.1. The fourth-order valence-electron chi connectivity index (χ4n) is 3.00. The van der Waals surface area contributed by atoms with Crippen LogP contribution < -0.4 is 10.6 Å². The number of benzene rings is 1. The number of imidazole rings is 1. The van der Waals surface area contributed by atoms with E-state index in [9.17, 15) is 13.2 Å². The van der Waals surface area contributed by atoms with Crippen molar-refractivity contribution < 1.29 is 13.2 Å².